The molecule has 1 fully saturated rings. The van der Waals surface area contributed by atoms with Gasteiger partial charge in [-0.3, -0.25) is 9.59 Å². The fourth-order valence-electron chi connectivity index (χ4n) is 2.25. The minimum absolute atomic E-state index is 0.0575. The van der Waals surface area contributed by atoms with E-state index in [9.17, 15) is 9.59 Å². The number of rotatable bonds is 4. The first-order chi connectivity index (χ1) is 10.3. The van der Waals surface area contributed by atoms with Crippen LogP contribution in [0.5, 0.6) is 0 Å². The number of carbonyl (C=O) groups is 2. The van der Waals surface area contributed by atoms with Crippen molar-refractivity contribution in [2.75, 3.05) is 11.6 Å². The fourth-order valence-corrected chi connectivity index (χ4v) is 4.04. The largest absolute Gasteiger partial charge is 0.349 e. The van der Waals surface area contributed by atoms with Crippen LogP contribution in [-0.2, 0) is 16.1 Å². The normalized spacial score (nSPS) is 18.5. The second-order valence-electron chi connectivity index (χ2n) is 6.69. The lowest BCUT2D eigenvalue weighted by Gasteiger charge is -2.26. The summed E-state index contributed by atoms with van der Waals surface area (Å²) in [4.78, 5) is 30.8. The van der Waals surface area contributed by atoms with E-state index in [1.807, 2.05) is 33.1 Å². The Morgan fingerprint density at radius 3 is 2.77 bits per heavy atom. The van der Waals surface area contributed by atoms with E-state index in [1.54, 1.807) is 28.0 Å². The van der Waals surface area contributed by atoms with Crippen LogP contribution >= 0.6 is 23.1 Å². The second kappa shape index (κ2) is 7.00. The van der Waals surface area contributed by atoms with Gasteiger partial charge in [0.05, 0.1) is 23.1 Å². The van der Waals surface area contributed by atoms with E-state index in [0.717, 1.165) is 10.7 Å². The van der Waals surface area contributed by atoms with Crippen LogP contribution in [0.1, 0.15) is 37.9 Å². The van der Waals surface area contributed by atoms with Crippen LogP contribution in [0.25, 0.3) is 0 Å². The summed E-state index contributed by atoms with van der Waals surface area (Å²) in [6.07, 6.45) is 0.461. The van der Waals surface area contributed by atoms with E-state index in [-0.39, 0.29) is 23.3 Å². The Morgan fingerprint density at radius 1 is 1.45 bits per heavy atom. The molecule has 1 aromatic rings. The summed E-state index contributed by atoms with van der Waals surface area (Å²) in [5, 5.41) is 5.83. The van der Waals surface area contributed by atoms with Gasteiger partial charge in [0.2, 0.25) is 11.8 Å². The first kappa shape index (κ1) is 17.3. The van der Waals surface area contributed by atoms with Crippen molar-refractivity contribution in [3.8, 4) is 0 Å². The van der Waals surface area contributed by atoms with Crippen molar-refractivity contribution in [3.63, 3.8) is 0 Å². The lowest BCUT2D eigenvalue weighted by atomic mass is 9.91. The summed E-state index contributed by atoms with van der Waals surface area (Å²) in [6.45, 7) is 8.47. The SMILES string of the molecule is Cc1nc(CNC(=O)C2CSCN2C(=O)CC(C)(C)C)cs1. The van der Waals surface area contributed by atoms with Gasteiger partial charge in [0, 0.05) is 17.6 Å². The first-order valence-electron chi connectivity index (χ1n) is 7.32. The van der Waals surface area contributed by atoms with Gasteiger partial charge in [0.25, 0.3) is 0 Å². The summed E-state index contributed by atoms with van der Waals surface area (Å²) in [7, 11) is 0. The first-order valence-corrected chi connectivity index (χ1v) is 9.35. The van der Waals surface area contributed by atoms with Gasteiger partial charge in [-0.25, -0.2) is 4.98 Å². The van der Waals surface area contributed by atoms with Crippen LogP contribution in [0.15, 0.2) is 5.38 Å². The topological polar surface area (TPSA) is 62.3 Å². The molecule has 1 aliphatic heterocycles. The molecule has 1 unspecified atom stereocenters. The molecule has 122 valence electrons. The number of aryl methyl sites for hydroxylation is 1. The Labute approximate surface area is 139 Å². The molecule has 2 heterocycles. The van der Waals surface area contributed by atoms with Crippen LogP contribution in [0, 0.1) is 12.3 Å². The average molecular weight is 342 g/mol. The summed E-state index contributed by atoms with van der Waals surface area (Å²) >= 11 is 3.20. The third-order valence-electron chi connectivity index (χ3n) is 3.30. The Hall–Kier alpha value is -1.08. The van der Waals surface area contributed by atoms with E-state index < -0.39 is 0 Å². The van der Waals surface area contributed by atoms with E-state index in [2.05, 4.69) is 10.3 Å². The maximum absolute atomic E-state index is 12.4. The minimum Gasteiger partial charge on any atom is -0.349 e. The fraction of sp³-hybridized carbons (Fsp3) is 0.667. The molecular weight excluding hydrogens is 318 g/mol. The molecule has 7 heteroatoms. The summed E-state index contributed by atoms with van der Waals surface area (Å²) in [6, 6.07) is -0.361. The van der Waals surface area contributed by atoms with Gasteiger partial charge >= 0.3 is 0 Å². The number of thiazole rings is 1. The number of nitrogens with one attached hydrogen (secondary N) is 1. The number of carbonyl (C=O) groups excluding carboxylic acids is 2. The number of hydrogen-bond donors (Lipinski definition) is 1. The van der Waals surface area contributed by atoms with Crippen LogP contribution in [0.3, 0.4) is 0 Å². The van der Waals surface area contributed by atoms with Gasteiger partial charge in [-0.1, -0.05) is 20.8 Å². The van der Waals surface area contributed by atoms with Crippen molar-refractivity contribution in [2.45, 2.75) is 46.7 Å². The standard InChI is InChI=1S/C15H23N3O2S2/c1-10-17-11(7-22-10)6-16-14(20)12-8-21-9-18(12)13(19)5-15(2,3)4/h7,12H,5-6,8-9H2,1-4H3,(H,16,20). The summed E-state index contributed by atoms with van der Waals surface area (Å²) in [5.74, 6) is 1.24. The highest BCUT2D eigenvalue weighted by atomic mass is 32.2. The molecule has 0 spiro atoms. The van der Waals surface area contributed by atoms with Gasteiger partial charge in [-0.15, -0.1) is 23.1 Å². The zero-order valence-electron chi connectivity index (χ0n) is 13.5. The molecule has 0 aliphatic carbocycles. The Kier molecular flexibility index (Phi) is 5.50. The molecule has 0 aromatic carbocycles. The van der Waals surface area contributed by atoms with Crippen LogP contribution in [0.2, 0.25) is 0 Å². The molecule has 1 aromatic heterocycles. The van der Waals surface area contributed by atoms with Crippen molar-refractivity contribution >= 4 is 34.9 Å². The van der Waals surface area contributed by atoms with E-state index in [4.69, 9.17) is 0 Å². The van der Waals surface area contributed by atoms with Gasteiger partial charge in [-0.05, 0) is 12.3 Å². The minimum atomic E-state index is -0.361. The maximum Gasteiger partial charge on any atom is 0.244 e. The van der Waals surface area contributed by atoms with E-state index in [1.165, 1.54) is 0 Å². The monoisotopic (exact) mass is 341 g/mol. The number of nitrogens with zero attached hydrogens (tertiary/aromatic N) is 2. The van der Waals surface area contributed by atoms with Crippen molar-refractivity contribution in [1.29, 1.82) is 0 Å². The molecule has 1 atom stereocenters. The predicted octanol–water partition coefficient (Wildman–Crippen LogP) is 2.41. The van der Waals surface area contributed by atoms with Crippen molar-refractivity contribution in [3.05, 3.63) is 16.1 Å². The molecular formula is C15H23N3O2S2. The summed E-state index contributed by atoms with van der Waals surface area (Å²) < 4.78 is 0. The molecule has 0 radical (unpaired) electrons. The molecule has 1 aliphatic rings. The van der Waals surface area contributed by atoms with E-state index >= 15 is 0 Å². The molecule has 2 amide bonds. The Balaban J connectivity index is 1.91. The Bertz CT molecular complexity index is 551. The van der Waals surface area contributed by atoms with Crippen molar-refractivity contribution in [2.24, 2.45) is 5.41 Å². The van der Waals surface area contributed by atoms with Crippen LogP contribution in [-0.4, -0.2) is 39.4 Å². The van der Waals surface area contributed by atoms with Crippen LogP contribution < -0.4 is 5.32 Å². The van der Waals surface area contributed by atoms with Crippen molar-refractivity contribution in [1.82, 2.24) is 15.2 Å². The molecule has 5 nitrogen and oxygen atoms in total. The van der Waals surface area contributed by atoms with Gasteiger partial charge in [-0.2, -0.15) is 0 Å². The highest BCUT2D eigenvalue weighted by Crippen LogP contribution is 2.26. The molecule has 22 heavy (non-hydrogen) atoms. The maximum atomic E-state index is 12.4. The molecule has 0 bridgehead atoms. The average Bonchev–Trinajstić information content (AvgIpc) is 3.02. The molecule has 2 rings (SSSR count). The smallest absolute Gasteiger partial charge is 0.244 e. The molecule has 1 saturated heterocycles. The lowest BCUT2D eigenvalue weighted by Crippen LogP contribution is -2.47. The number of thioether (sulfide) groups is 1. The van der Waals surface area contributed by atoms with Gasteiger partial charge in [0.1, 0.15) is 6.04 Å². The zero-order valence-corrected chi connectivity index (χ0v) is 15.1. The molecule has 0 saturated carbocycles. The highest BCUT2D eigenvalue weighted by Gasteiger charge is 2.35. The number of aromatic nitrogens is 1. The third-order valence-corrected chi connectivity index (χ3v) is 5.13. The second-order valence-corrected chi connectivity index (χ2v) is 8.75. The van der Waals surface area contributed by atoms with E-state index in [0.29, 0.717) is 24.6 Å². The Morgan fingerprint density at radius 2 is 2.18 bits per heavy atom. The van der Waals surface area contributed by atoms with Crippen molar-refractivity contribution < 1.29 is 9.59 Å². The van der Waals surface area contributed by atoms with Gasteiger partial charge < -0.3 is 10.2 Å². The third kappa shape index (κ3) is 4.71. The predicted molar refractivity (Wildman–Crippen MR) is 90.7 cm³/mol. The highest BCUT2D eigenvalue weighted by molar-refractivity contribution is 7.99. The quantitative estimate of drug-likeness (QED) is 0.913. The lowest BCUT2D eigenvalue weighted by molar-refractivity contribution is -0.139. The van der Waals surface area contributed by atoms with Gasteiger partial charge in [0.15, 0.2) is 0 Å². The van der Waals surface area contributed by atoms with Crippen LogP contribution in [0.4, 0.5) is 0 Å². The summed E-state index contributed by atoms with van der Waals surface area (Å²) in [5.41, 5.74) is 0.804. The molecule has 1 N–H and O–H groups in total. The zero-order chi connectivity index (χ0) is 16.3. The number of hydrogen-bond acceptors (Lipinski definition) is 5. The number of amides is 2.